The summed E-state index contributed by atoms with van der Waals surface area (Å²) in [6.45, 7) is 2.28. The van der Waals surface area contributed by atoms with E-state index in [1.165, 1.54) is 11.0 Å². The normalized spacial score (nSPS) is 23.3. The number of aromatic nitrogens is 3. The van der Waals surface area contributed by atoms with Crippen LogP contribution in [0.3, 0.4) is 0 Å². The van der Waals surface area contributed by atoms with Gasteiger partial charge in [0.15, 0.2) is 0 Å². The molecular weight excluding hydrogens is 408 g/mol. The highest BCUT2D eigenvalue weighted by Gasteiger charge is 2.32. The Kier molecular flexibility index (Phi) is 5.25. The highest BCUT2D eigenvalue weighted by Crippen LogP contribution is 2.39. The number of fused-ring (bicyclic) bond motifs is 3. The van der Waals surface area contributed by atoms with Crippen molar-refractivity contribution in [1.29, 1.82) is 0 Å². The monoisotopic (exact) mass is 436 g/mol. The molecule has 3 heterocycles. The van der Waals surface area contributed by atoms with Crippen LogP contribution < -0.4 is 10.5 Å². The van der Waals surface area contributed by atoms with Gasteiger partial charge in [0.25, 0.3) is 5.56 Å². The fourth-order valence-corrected chi connectivity index (χ4v) is 5.32. The third-order valence-electron chi connectivity index (χ3n) is 6.98. The molecule has 2 N–H and O–H groups in total. The number of carboxylic acid groups (broad SMARTS) is 1. The summed E-state index contributed by atoms with van der Waals surface area (Å²) in [6, 6.07) is 9.07. The zero-order valence-corrected chi connectivity index (χ0v) is 18.1. The third kappa shape index (κ3) is 3.48. The van der Waals surface area contributed by atoms with Crippen LogP contribution in [0.4, 0.5) is 10.5 Å². The molecule has 5 rings (SSSR count). The van der Waals surface area contributed by atoms with Gasteiger partial charge in [-0.2, -0.15) is 0 Å². The number of aliphatic hydroxyl groups excluding tert-OH is 1. The number of imidazole rings is 1. The van der Waals surface area contributed by atoms with Gasteiger partial charge in [-0.3, -0.25) is 9.69 Å². The van der Waals surface area contributed by atoms with Gasteiger partial charge in [0.05, 0.1) is 29.4 Å². The standard InChI is InChI=1S/C24H28N4O4/c1-15-5-10-18-19(27(15)24(31)32)11-12-20-23(18)25-21(14-26-13-3-2-4-22(26)30)28(20)16-6-8-17(29)9-7-16/h2-4,11-13,15-17,29H,5-10,14H2,1H3,(H,31,32)/t15-,16-,17-/m0/s1. The summed E-state index contributed by atoms with van der Waals surface area (Å²) in [5, 5.41) is 19.8. The molecule has 1 aliphatic carbocycles. The lowest BCUT2D eigenvalue weighted by Gasteiger charge is -2.33. The molecule has 1 amide bonds. The Labute approximate surface area is 185 Å². The third-order valence-corrected chi connectivity index (χ3v) is 6.98. The number of carbonyl (C=O) groups is 1. The van der Waals surface area contributed by atoms with E-state index in [0.29, 0.717) is 12.2 Å². The first-order valence-electron chi connectivity index (χ1n) is 11.3. The maximum absolute atomic E-state index is 12.4. The lowest BCUT2D eigenvalue weighted by molar-refractivity contribution is 0.111. The molecule has 1 saturated carbocycles. The number of hydrogen-bond acceptors (Lipinski definition) is 4. The van der Waals surface area contributed by atoms with Crippen LogP contribution in [-0.4, -0.2) is 42.6 Å². The summed E-state index contributed by atoms with van der Waals surface area (Å²) >= 11 is 0. The molecule has 2 aromatic heterocycles. The second-order valence-electron chi connectivity index (χ2n) is 9.00. The topological polar surface area (TPSA) is 101 Å². The quantitative estimate of drug-likeness (QED) is 0.654. The van der Waals surface area contributed by atoms with E-state index >= 15 is 0 Å². The van der Waals surface area contributed by atoms with Gasteiger partial charge >= 0.3 is 6.09 Å². The Balaban J connectivity index is 1.67. The maximum atomic E-state index is 12.4. The number of amides is 1. The van der Waals surface area contributed by atoms with Gasteiger partial charge in [-0.05, 0) is 63.6 Å². The minimum Gasteiger partial charge on any atom is -0.465 e. The molecule has 8 nitrogen and oxygen atoms in total. The molecule has 2 aliphatic rings. The molecule has 1 aromatic carbocycles. The number of hydrogen-bond donors (Lipinski definition) is 2. The number of anilines is 1. The first-order valence-corrected chi connectivity index (χ1v) is 11.3. The Hall–Kier alpha value is -3.13. The first-order chi connectivity index (χ1) is 15.4. The second kappa shape index (κ2) is 8.09. The van der Waals surface area contributed by atoms with Crippen molar-refractivity contribution in [3.8, 4) is 0 Å². The van der Waals surface area contributed by atoms with Crippen LogP contribution in [0, 0.1) is 0 Å². The van der Waals surface area contributed by atoms with Gasteiger partial charge in [0.1, 0.15) is 5.82 Å². The fraction of sp³-hybridized carbons (Fsp3) is 0.458. The number of aryl methyl sites for hydroxylation is 1. The summed E-state index contributed by atoms with van der Waals surface area (Å²) in [4.78, 5) is 30.7. The molecule has 168 valence electrons. The molecule has 0 bridgehead atoms. The van der Waals surface area contributed by atoms with Gasteiger partial charge in [-0.15, -0.1) is 0 Å². The molecule has 1 fully saturated rings. The van der Waals surface area contributed by atoms with Crippen LogP contribution in [-0.2, 0) is 13.0 Å². The van der Waals surface area contributed by atoms with E-state index in [1.807, 2.05) is 25.1 Å². The largest absolute Gasteiger partial charge is 0.465 e. The second-order valence-corrected chi connectivity index (χ2v) is 9.00. The van der Waals surface area contributed by atoms with Crippen LogP contribution in [0.15, 0.2) is 41.3 Å². The van der Waals surface area contributed by atoms with Crippen LogP contribution >= 0.6 is 0 Å². The molecular formula is C24H28N4O4. The van der Waals surface area contributed by atoms with Crippen molar-refractivity contribution in [3.63, 3.8) is 0 Å². The van der Waals surface area contributed by atoms with Crippen molar-refractivity contribution in [2.24, 2.45) is 0 Å². The summed E-state index contributed by atoms with van der Waals surface area (Å²) in [6.07, 6.45) is 5.23. The van der Waals surface area contributed by atoms with Crippen LogP contribution in [0.25, 0.3) is 11.0 Å². The minimum atomic E-state index is -0.949. The molecule has 0 spiro atoms. The average Bonchev–Trinajstić information content (AvgIpc) is 3.13. The first kappa shape index (κ1) is 20.8. The molecule has 0 unspecified atom stereocenters. The summed E-state index contributed by atoms with van der Waals surface area (Å²) in [7, 11) is 0. The molecule has 3 aromatic rings. The highest BCUT2D eigenvalue weighted by molar-refractivity contribution is 5.94. The average molecular weight is 437 g/mol. The van der Waals surface area contributed by atoms with Crippen molar-refractivity contribution >= 4 is 22.8 Å². The van der Waals surface area contributed by atoms with Gasteiger partial charge in [-0.1, -0.05) is 6.07 Å². The lowest BCUT2D eigenvalue weighted by Crippen LogP contribution is -2.41. The Morgan fingerprint density at radius 1 is 1.12 bits per heavy atom. The van der Waals surface area contributed by atoms with E-state index in [9.17, 15) is 19.8 Å². The number of aliphatic hydroxyl groups is 1. The Bertz CT molecular complexity index is 1220. The van der Waals surface area contributed by atoms with E-state index in [-0.39, 0.29) is 23.7 Å². The van der Waals surface area contributed by atoms with Crippen molar-refractivity contribution in [2.45, 2.75) is 70.2 Å². The van der Waals surface area contributed by atoms with Gasteiger partial charge in [0.2, 0.25) is 0 Å². The zero-order chi connectivity index (χ0) is 22.4. The summed E-state index contributed by atoms with van der Waals surface area (Å²) in [5.74, 6) is 0.795. The SMILES string of the molecule is C[C@H]1CCc2c(ccc3c2nc(Cn2ccccc2=O)n3[C@H]2CC[C@H](O)CC2)N1C(=O)O. The fourth-order valence-electron chi connectivity index (χ4n) is 5.32. The summed E-state index contributed by atoms with van der Waals surface area (Å²) < 4.78 is 3.87. The minimum absolute atomic E-state index is 0.0817. The predicted octanol–water partition coefficient (Wildman–Crippen LogP) is 3.54. The van der Waals surface area contributed by atoms with Crippen molar-refractivity contribution in [2.75, 3.05) is 4.90 Å². The number of benzene rings is 1. The van der Waals surface area contributed by atoms with E-state index in [1.54, 1.807) is 16.8 Å². The van der Waals surface area contributed by atoms with Crippen molar-refractivity contribution in [1.82, 2.24) is 14.1 Å². The molecule has 32 heavy (non-hydrogen) atoms. The van der Waals surface area contributed by atoms with Crippen molar-refractivity contribution < 1.29 is 15.0 Å². The van der Waals surface area contributed by atoms with E-state index in [4.69, 9.17) is 4.98 Å². The van der Waals surface area contributed by atoms with Crippen molar-refractivity contribution in [3.05, 3.63) is 58.3 Å². The molecule has 0 saturated heterocycles. The van der Waals surface area contributed by atoms with Gasteiger partial charge in [-0.25, -0.2) is 9.78 Å². The van der Waals surface area contributed by atoms with Crippen LogP contribution in [0.2, 0.25) is 0 Å². The van der Waals surface area contributed by atoms with E-state index in [0.717, 1.165) is 60.9 Å². The number of nitrogens with zero attached hydrogens (tertiary/aromatic N) is 4. The molecule has 8 heteroatoms. The van der Waals surface area contributed by atoms with Crippen LogP contribution in [0.1, 0.15) is 56.5 Å². The van der Waals surface area contributed by atoms with E-state index in [2.05, 4.69) is 4.57 Å². The van der Waals surface area contributed by atoms with Gasteiger partial charge in [0, 0.05) is 29.9 Å². The Morgan fingerprint density at radius 3 is 2.62 bits per heavy atom. The van der Waals surface area contributed by atoms with E-state index < -0.39 is 6.09 Å². The summed E-state index contributed by atoms with van der Waals surface area (Å²) in [5.41, 5.74) is 3.38. The number of pyridine rings is 1. The maximum Gasteiger partial charge on any atom is 0.412 e. The lowest BCUT2D eigenvalue weighted by atomic mass is 9.92. The zero-order valence-electron chi connectivity index (χ0n) is 18.1. The highest BCUT2D eigenvalue weighted by atomic mass is 16.4. The molecule has 1 atom stereocenters. The Morgan fingerprint density at radius 2 is 1.91 bits per heavy atom. The molecule has 0 radical (unpaired) electrons. The molecule has 1 aliphatic heterocycles. The smallest absolute Gasteiger partial charge is 0.412 e. The number of rotatable bonds is 3. The predicted molar refractivity (Wildman–Crippen MR) is 121 cm³/mol. The van der Waals surface area contributed by atoms with Crippen LogP contribution in [0.5, 0.6) is 0 Å². The van der Waals surface area contributed by atoms with Gasteiger partial charge < -0.3 is 19.3 Å².